The second-order valence-corrected chi connectivity index (χ2v) is 5.84. The largest absolute Gasteiger partial charge is 0.397 e. The third-order valence-corrected chi connectivity index (χ3v) is 3.69. The van der Waals surface area contributed by atoms with Crippen LogP contribution in [0.5, 0.6) is 0 Å². The Kier molecular flexibility index (Phi) is 4.85. The summed E-state index contributed by atoms with van der Waals surface area (Å²) in [6.07, 6.45) is 0. The van der Waals surface area contributed by atoms with Crippen LogP contribution >= 0.6 is 15.9 Å². The molecule has 0 heterocycles. The number of benzene rings is 2. The average Bonchev–Trinajstić information content (AvgIpc) is 2.41. The van der Waals surface area contributed by atoms with E-state index in [1.165, 1.54) is 0 Å². The van der Waals surface area contributed by atoms with Gasteiger partial charge in [-0.15, -0.1) is 0 Å². The fraction of sp³-hybridized carbons (Fsp3) is 0.188. The van der Waals surface area contributed by atoms with E-state index in [1.54, 1.807) is 0 Å². The molecule has 2 aromatic carbocycles. The van der Waals surface area contributed by atoms with Crippen LogP contribution in [0.4, 0.5) is 17.1 Å². The molecule has 0 spiro atoms. The van der Waals surface area contributed by atoms with Crippen LogP contribution in [0.1, 0.15) is 5.56 Å². The molecule has 0 bridgehead atoms. The number of amides is 1. The highest BCUT2D eigenvalue weighted by Crippen LogP contribution is 2.25. The molecule has 0 fully saturated rings. The lowest BCUT2D eigenvalue weighted by Crippen LogP contribution is -2.30. The summed E-state index contributed by atoms with van der Waals surface area (Å²) in [5.41, 5.74) is 9.31. The van der Waals surface area contributed by atoms with E-state index < -0.39 is 0 Å². The van der Waals surface area contributed by atoms with E-state index in [1.807, 2.05) is 61.3 Å². The Balaban J connectivity index is 2.04. The smallest absolute Gasteiger partial charge is 0.243 e. The fourth-order valence-corrected chi connectivity index (χ4v) is 2.46. The van der Waals surface area contributed by atoms with Crippen LogP contribution in [0.25, 0.3) is 0 Å². The Morgan fingerprint density at radius 3 is 2.67 bits per heavy atom. The van der Waals surface area contributed by atoms with Crippen LogP contribution in [0.3, 0.4) is 0 Å². The minimum absolute atomic E-state index is 0.0749. The number of anilines is 3. The molecule has 0 aliphatic carbocycles. The number of likely N-dealkylation sites (N-methyl/N-ethyl adjacent to an activating group) is 1. The first-order valence-corrected chi connectivity index (χ1v) is 7.38. The first-order valence-electron chi connectivity index (χ1n) is 6.59. The molecule has 0 unspecified atom stereocenters. The van der Waals surface area contributed by atoms with E-state index in [0.29, 0.717) is 5.69 Å². The predicted molar refractivity (Wildman–Crippen MR) is 91.6 cm³/mol. The van der Waals surface area contributed by atoms with Crippen molar-refractivity contribution >= 4 is 38.9 Å². The molecule has 0 aliphatic heterocycles. The summed E-state index contributed by atoms with van der Waals surface area (Å²) in [5.74, 6) is -0.0749. The Bertz CT molecular complexity index is 658. The van der Waals surface area contributed by atoms with Crippen LogP contribution in [0.15, 0.2) is 46.9 Å². The third-order valence-electron chi connectivity index (χ3n) is 3.20. The molecule has 4 nitrogen and oxygen atoms in total. The monoisotopic (exact) mass is 347 g/mol. The maximum Gasteiger partial charge on any atom is 0.243 e. The molecular weight excluding hydrogens is 330 g/mol. The molecule has 1 amide bonds. The van der Waals surface area contributed by atoms with Gasteiger partial charge in [-0.3, -0.25) is 4.79 Å². The summed E-state index contributed by atoms with van der Waals surface area (Å²) in [4.78, 5) is 14.0. The molecular formula is C16H18BrN3O. The van der Waals surface area contributed by atoms with E-state index in [4.69, 9.17) is 5.73 Å². The maximum absolute atomic E-state index is 12.1. The SMILES string of the molecule is Cc1ccccc1NC(=O)CN(C)c1ccc(Br)cc1N. The molecule has 0 aliphatic rings. The molecule has 2 aromatic rings. The molecule has 110 valence electrons. The lowest BCUT2D eigenvalue weighted by atomic mass is 10.2. The Labute approximate surface area is 133 Å². The molecule has 3 N–H and O–H groups in total. The molecule has 21 heavy (non-hydrogen) atoms. The molecule has 0 saturated carbocycles. The van der Waals surface area contributed by atoms with Crippen LogP contribution in [0, 0.1) is 6.92 Å². The zero-order chi connectivity index (χ0) is 15.4. The number of hydrogen-bond donors (Lipinski definition) is 2. The van der Waals surface area contributed by atoms with Crippen LogP contribution in [-0.2, 0) is 4.79 Å². The highest BCUT2D eigenvalue weighted by molar-refractivity contribution is 9.10. The number of rotatable bonds is 4. The summed E-state index contributed by atoms with van der Waals surface area (Å²) in [7, 11) is 1.84. The van der Waals surface area contributed by atoms with E-state index in [0.717, 1.165) is 21.4 Å². The van der Waals surface area contributed by atoms with Gasteiger partial charge in [-0.1, -0.05) is 34.1 Å². The Hall–Kier alpha value is -2.01. The van der Waals surface area contributed by atoms with Gasteiger partial charge in [-0.2, -0.15) is 0 Å². The summed E-state index contributed by atoms with van der Waals surface area (Å²) in [5, 5.41) is 2.91. The Morgan fingerprint density at radius 1 is 1.29 bits per heavy atom. The summed E-state index contributed by atoms with van der Waals surface area (Å²) in [6.45, 7) is 2.20. The Morgan fingerprint density at radius 2 is 2.00 bits per heavy atom. The van der Waals surface area contributed by atoms with E-state index >= 15 is 0 Å². The minimum Gasteiger partial charge on any atom is -0.397 e. The maximum atomic E-state index is 12.1. The van der Waals surface area contributed by atoms with Crippen molar-refractivity contribution < 1.29 is 4.79 Å². The van der Waals surface area contributed by atoms with Crippen molar-refractivity contribution in [3.8, 4) is 0 Å². The second-order valence-electron chi connectivity index (χ2n) is 4.92. The minimum atomic E-state index is -0.0749. The number of nitrogens with two attached hydrogens (primary N) is 1. The van der Waals surface area contributed by atoms with Gasteiger partial charge in [0.15, 0.2) is 0 Å². The van der Waals surface area contributed by atoms with Gasteiger partial charge in [-0.25, -0.2) is 0 Å². The standard InChI is InChI=1S/C16H18BrN3O/c1-11-5-3-4-6-14(11)19-16(21)10-20(2)15-8-7-12(17)9-13(15)18/h3-9H,10,18H2,1-2H3,(H,19,21). The first kappa shape index (κ1) is 15.4. The number of carbonyl (C=O) groups is 1. The number of aryl methyl sites for hydroxylation is 1. The first-order chi connectivity index (χ1) is 9.97. The van der Waals surface area contributed by atoms with Crippen molar-refractivity contribution in [3.63, 3.8) is 0 Å². The van der Waals surface area contributed by atoms with Gasteiger partial charge in [0.25, 0.3) is 0 Å². The van der Waals surface area contributed by atoms with Crippen LogP contribution < -0.4 is 16.0 Å². The van der Waals surface area contributed by atoms with Crippen molar-refractivity contribution in [2.24, 2.45) is 0 Å². The number of para-hydroxylation sites is 1. The highest BCUT2D eigenvalue weighted by atomic mass is 79.9. The van der Waals surface area contributed by atoms with E-state index in [2.05, 4.69) is 21.2 Å². The lowest BCUT2D eigenvalue weighted by Gasteiger charge is -2.21. The topological polar surface area (TPSA) is 58.4 Å². The molecule has 5 heteroatoms. The highest BCUT2D eigenvalue weighted by Gasteiger charge is 2.11. The van der Waals surface area contributed by atoms with Gasteiger partial charge in [-0.05, 0) is 36.8 Å². The van der Waals surface area contributed by atoms with Gasteiger partial charge in [0.1, 0.15) is 0 Å². The number of nitrogens with zero attached hydrogens (tertiary/aromatic N) is 1. The molecule has 0 radical (unpaired) electrons. The quantitative estimate of drug-likeness (QED) is 0.833. The number of nitrogen functional groups attached to an aromatic ring is 1. The second kappa shape index (κ2) is 6.63. The molecule has 0 saturated heterocycles. The van der Waals surface area contributed by atoms with Gasteiger partial charge in [0.2, 0.25) is 5.91 Å². The zero-order valence-corrected chi connectivity index (χ0v) is 13.6. The predicted octanol–water partition coefficient (Wildman–Crippen LogP) is 3.41. The zero-order valence-electron chi connectivity index (χ0n) is 12.1. The normalized spacial score (nSPS) is 10.2. The lowest BCUT2D eigenvalue weighted by molar-refractivity contribution is -0.114. The van der Waals surface area contributed by atoms with Crippen molar-refractivity contribution in [1.82, 2.24) is 0 Å². The summed E-state index contributed by atoms with van der Waals surface area (Å²) < 4.78 is 0.918. The van der Waals surface area contributed by atoms with Crippen molar-refractivity contribution in [2.45, 2.75) is 6.92 Å². The van der Waals surface area contributed by atoms with Gasteiger partial charge < -0.3 is 16.0 Å². The number of nitrogens with one attached hydrogen (secondary N) is 1. The van der Waals surface area contributed by atoms with Crippen molar-refractivity contribution in [2.75, 3.05) is 29.5 Å². The van der Waals surface area contributed by atoms with Crippen LogP contribution in [-0.4, -0.2) is 19.5 Å². The molecule has 2 rings (SSSR count). The number of carbonyl (C=O) groups excluding carboxylic acids is 1. The van der Waals surface area contributed by atoms with E-state index in [-0.39, 0.29) is 12.5 Å². The fourth-order valence-electron chi connectivity index (χ4n) is 2.08. The molecule has 0 atom stereocenters. The van der Waals surface area contributed by atoms with Gasteiger partial charge >= 0.3 is 0 Å². The van der Waals surface area contributed by atoms with Gasteiger partial charge in [0.05, 0.1) is 17.9 Å². The van der Waals surface area contributed by atoms with E-state index in [9.17, 15) is 4.79 Å². The molecule has 0 aromatic heterocycles. The third kappa shape index (κ3) is 3.98. The van der Waals surface area contributed by atoms with Crippen LogP contribution in [0.2, 0.25) is 0 Å². The summed E-state index contributed by atoms with van der Waals surface area (Å²) in [6, 6.07) is 13.3. The average molecular weight is 348 g/mol. The summed E-state index contributed by atoms with van der Waals surface area (Å²) >= 11 is 3.37. The number of halogens is 1. The van der Waals surface area contributed by atoms with Gasteiger partial charge in [0, 0.05) is 17.2 Å². The number of hydrogen-bond acceptors (Lipinski definition) is 3. The van der Waals surface area contributed by atoms with Crippen molar-refractivity contribution in [1.29, 1.82) is 0 Å². The van der Waals surface area contributed by atoms with Crippen molar-refractivity contribution in [3.05, 3.63) is 52.5 Å².